The first-order valence-electron chi connectivity index (χ1n) is 4.48. The van der Waals surface area contributed by atoms with Crippen molar-refractivity contribution in [1.29, 1.82) is 0 Å². The number of aromatic nitrogens is 2. The van der Waals surface area contributed by atoms with Crippen LogP contribution < -0.4 is 5.32 Å². The highest BCUT2D eigenvalue weighted by Gasteiger charge is 2.29. The third kappa shape index (κ3) is 5.08. The van der Waals surface area contributed by atoms with Crippen LogP contribution >= 0.6 is 11.3 Å². The van der Waals surface area contributed by atoms with E-state index in [1.54, 1.807) is 0 Å². The highest BCUT2D eigenvalue weighted by atomic mass is 32.1. The van der Waals surface area contributed by atoms with Gasteiger partial charge in [-0.15, -0.1) is 10.2 Å². The van der Waals surface area contributed by atoms with Crippen molar-refractivity contribution in [3.63, 3.8) is 0 Å². The van der Waals surface area contributed by atoms with Gasteiger partial charge in [0.05, 0.1) is 6.42 Å². The van der Waals surface area contributed by atoms with E-state index in [0.717, 1.165) is 11.3 Å². The summed E-state index contributed by atoms with van der Waals surface area (Å²) < 4.78 is 36.0. The molecule has 0 radical (unpaired) electrons. The van der Waals surface area contributed by atoms with E-state index in [9.17, 15) is 13.2 Å². The first-order chi connectivity index (χ1) is 6.87. The van der Waals surface area contributed by atoms with Gasteiger partial charge in [-0.25, -0.2) is 0 Å². The van der Waals surface area contributed by atoms with E-state index in [2.05, 4.69) is 15.5 Å². The summed E-state index contributed by atoms with van der Waals surface area (Å²) in [5.41, 5.74) is 0. The van der Waals surface area contributed by atoms with Crippen molar-refractivity contribution in [2.45, 2.75) is 39.0 Å². The first-order valence-corrected chi connectivity index (χ1v) is 5.30. The molecule has 0 saturated carbocycles. The zero-order chi connectivity index (χ0) is 11.5. The normalized spacial score (nSPS) is 12.4. The average molecular weight is 239 g/mol. The summed E-state index contributed by atoms with van der Waals surface area (Å²) >= 11 is 0.997. The van der Waals surface area contributed by atoms with Crippen LogP contribution in [0.1, 0.15) is 23.9 Å². The van der Waals surface area contributed by atoms with Gasteiger partial charge in [-0.2, -0.15) is 13.2 Å². The lowest BCUT2D eigenvalue weighted by Gasteiger charge is -2.04. The highest BCUT2D eigenvalue weighted by Crippen LogP contribution is 2.23. The number of rotatable bonds is 4. The molecule has 1 aromatic rings. The number of hydrogen-bond acceptors (Lipinski definition) is 4. The van der Waals surface area contributed by atoms with Crippen molar-refractivity contribution in [1.82, 2.24) is 15.5 Å². The molecule has 0 fully saturated rings. The molecule has 0 aromatic carbocycles. The Labute approximate surface area is 89.7 Å². The van der Waals surface area contributed by atoms with Gasteiger partial charge < -0.3 is 5.32 Å². The minimum Gasteiger partial charge on any atom is -0.308 e. The second-order valence-corrected chi connectivity index (χ2v) is 4.56. The third-order valence-electron chi connectivity index (χ3n) is 1.52. The van der Waals surface area contributed by atoms with Gasteiger partial charge in [0.2, 0.25) is 0 Å². The van der Waals surface area contributed by atoms with Crippen LogP contribution in [0.3, 0.4) is 0 Å². The zero-order valence-corrected chi connectivity index (χ0v) is 9.24. The van der Waals surface area contributed by atoms with Crippen LogP contribution in [0.25, 0.3) is 0 Å². The minimum absolute atomic E-state index is 0.0167. The molecule has 0 saturated heterocycles. The van der Waals surface area contributed by atoms with E-state index in [0.29, 0.717) is 11.6 Å². The van der Waals surface area contributed by atoms with E-state index in [4.69, 9.17) is 0 Å². The number of alkyl halides is 3. The summed E-state index contributed by atoms with van der Waals surface area (Å²) in [5.74, 6) is 0. The number of hydrogen-bond donors (Lipinski definition) is 1. The van der Waals surface area contributed by atoms with Gasteiger partial charge in [0.1, 0.15) is 10.0 Å². The van der Waals surface area contributed by atoms with Gasteiger partial charge in [0.25, 0.3) is 0 Å². The molecule has 86 valence electrons. The van der Waals surface area contributed by atoms with E-state index in [-0.39, 0.29) is 11.0 Å². The molecule has 0 spiro atoms. The maximum atomic E-state index is 12.0. The van der Waals surface area contributed by atoms with E-state index >= 15 is 0 Å². The molecule has 0 aliphatic rings. The quantitative estimate of drug-likeness (QED) is 0.874. The molecule has 0 atom stereocenters. The molecule has 15 heavy (non-hydrogen) atoms. The lowest BCUT2D eigenvalue weighted by atomic mass is 10.4. The molecule has 0 aliphatic heterocycles. The van der Waals surface area contributed by atoms with Crippen LogP contribution in [0.2, 0.25) is 0 Å². The maximum Gasteiger partial charge on any atom is 0.395 e. The monoisotopic (exact) mass is 239 g/mol. The predicted octanol–water partition coefficient (Wildman–Crippen LogP) is 2.14. The third-order valence-corrected chi connectivity index (χ3v) is 2.45. The molecule has 1 rings (SSSR count). The van der Waals surface area contributed by atoms with Crippen molar-refractivity contribution >= 4 is 11.3 Å². The average Bonchev–Trinajstić information content (AvgIpc) is 2.45. The van der Waals surface area contributed by atoms with Crippen LogP contribution in [0.5, 0.6) is 0 Å². The van der Waals surface area contributed by atoms with Crippen LogP contribution in [0.4, 0.5) is 13.2 Å². The largest absolute Gasteiger partial charge is 0.395 e. The molecule has 3 nitrogen and oxygen atoms in total. The molecule has 0 bridgehead atoms. The van der Waals surface area contributed by atoms with Crippen molar-refractivity contribution < 1.29 is 13.2 Å². The molecule has 1 heterocycles. The van der Waals surface area contributed by atoms with Gasteiger partial charge in [-0.05, 0) is 0 Å². The Hall–Kier alpha value is -0.690. The summed E-state index contributed by atoms with van der Waals surface area (Å²) in [4.78, 5) is 0. The van der Waals surface area contributed by atoms with Crippen molar-refractivity contribution in [2.75, 3.05) is 0 Å². The SMILES string of the molecule is CC(C)NCc1nnc(CC(F)(F)F)s1. The number of nitrogens with one attached hydrogen (secondary N) is 1. The van der Waals surface area contributed by atoms with E-state index in [1.165, 1.54) is 0 Å². The van der Waals surface area contributed by atoms with Crippen molar-refractivity contribution in [3.05, 3.63) is 10.0 Å². The number of halogens is 3. The fraction of sp³-hybridized carbons (Fsp3) is 0.750. The molecule has 0 unspecified atom stereocenters. The Bertz CT molecular complexity index is 308. The van der Waals surface area contributed by atoms with Gasteiger partial charge in [0.15, 0.2) is 0 Å². The van der Waals surface area contributed by atoms with Crippen molar-refractivity contribution in [3.8, 4) is 0 Å². The Balaban J connectivity index is 2.49. The summed E-state index contributed by atoms with van der Waals surface area (Å²) in [7, 11) is 0. The maximum absolute atomic E-state index is 12.0. The highest BCUT2D eigenvalue weighted by molar-refractivity contribution is 7.11. The Morgan fingerprint density at radius 1 is 1.27 bits per heavy atom. The topological polar surface area (TPSA) is 37.8 Å². The summed E-state index contributed by atoms with van der Waals surface area (Å²) in [6, 6.07) is 0.278. The van der Waals surface area contributed by atoms with Gasteiger partial charge in [-0.1, -0.05) is 25.2 Å². The smallest absolute Gasteiger partial charge is 0.308 e. The van der Waals surface area contributed by atoms with Crippen LogP contribution in [0, 0.1) is 0 Å². The second kappa shape index (κ2) is 4.89. The van der Waals surface area contributed by atoms with Crippen LogP contribution in [0.15, 0.2) is 0 Å². The summed E-state index contributed by atoms with van der Waals surface area (Å²) in [6.07, 6.45) is -5.20. The Kier molecular flexibility index (Phi) is 4.04. The fourth-order valence-electron chi connectivity index (χ4n) is 0.894. The molecule has 1 aromatic heterocycles. The van der Waals surface area contributed by atoms with Gasteiger partial charge in [0, 0.05) is 12.6 Å². The lowest BCUT2D eigenvalue weighted by Crippen LogP contribution is -2.21. The molecule has 0 amide bonds. The molecule has 7 heteroatoms. The standard InChI is InChI=1S/C8H12F3N3S/c1-5(2)12-4-7-14-13-6(15-7)3-8(9,10)11/h5,12H,3-4H2,1-2H3. The van der Waals surface area contributed by atoms with Crippen molar-refractivity contribution in [2.24, 2.45) is 0 Å². The molecule has 1 N–H and O–H groups in total. The Morgan fingerprint density at radius 2 is 1.87 bits per heavy atom. The van der Waals surface area contributed by atoms with E-state index < -0.39 is 12.6 Å². The Morgan fingerprint density at radius 3 is 2.40 bits per heavy atom. The zero-order valence-electron chi connectivity index (χ0n) is 8.43. The first kappa shape index (κ1) is 12.4. The fourth-order valence-corrected chi connectivity index (χ4v) is 1.72. The number of nitrogens with zero attached hydrogens (tertiary/aromatic N) is 2. The second-order valence-electron chi connectivity index (χ2n) is 3.42. The minimum atomic E-state index is -4.21. The van der Waals surface area contributed by atoms with Gasteiger partial charge >= 0.3 is 6.18 Å². The molecular weight excluding hydrogens is 227 g/mol. The van der Waals surface area contributed by atoms with Crippen LogP contribution in [-0.4, -0.2) is 22.4 Å². The predicted molar refractivity (Wildman–Crippen MR) is 51.6 cm³/mol. The van der Waals surface area contributed by atoms with E-state index in [1.807, 2.05) is 13.8 Å². The van der Waals surface area contributed by atoms with Gasteiger partial charge in [-0.3, -0.25) is 0 Å². The van der Waals surface area contributed by atoms with Crippen LogP contribution in [-0.2, 0) is 13.0 Å². The molecular formula is C8H12F3N3S. The summed E-state index contributed by atoms with van der Waals surface area (Å²) in [5, 5.41) is 10.8. The molecule has 0 aliphatic carbocycles. The summed E-state index contributed by atoms with van der Waals surface area (Å²) in [6.45, 7) is 4.38. The lowest BCUT2D eigenvalue weighted by molar-refractivity contribution is -0.127.